The summed E-state index contributed by atoms with van der Waals surface area (Å²) in [6.07, 6.45) is 2.48. The van der Waals surface area contributed by atoms with Crippen LogP contribution in [0.3, 0.4) is 0 Å². The minimum Gasteiger partial charge on any atom is -0.466 e. The normalized spacial score (nSPS) is 19.9. The number of amides is 2. The zero-order valence-corrected chi connectivity index (χ0v) is 11.6. The minimum atomic E-state index is -0.647. The van der Waals surface area contributed by atoms with Crippen molar-refractivity contribution in [2.75, 3.05) is 13.7 Å². The zero-order chi connectivity index (χ0) is 14.6. The average molecular weight is 269 g/mol. The molecule has 1 saturated heterocycles. The molecule has 1 unspecified atom stereocenters. The predicted molar refractivity (Wildman–Crippen MR) is 67.2 cm³/mol. The summed E-state index contributed by atoms with van der Waals surface area (Å²) in [6.45, 7) is 5.50. The fraction of sp³-hybridized carbons (Fsp3) is 0.615. The molecule has 0 spiro atoms. The van der Waals surface area contributed by atoms with E-state index in [-0.39, 0.29) is 5.91 Å². The van der Waals surface area contributed by atoms with Gasteiger partial charge in [0.15, 0.2) is 0 Å². The Morgan fingerprint density at radius 2 is 2.00 bits per heavy atom. The molecule has 1 atom stereocenters. The maximum atomic E-state index is 12.0. The van der Waals surface area contributed by atoms with Gasteiger partial charge >= 0.3 is 12.1 Å². The molecular weight excluding hydrogens is 250 g/mol. The van der Waals surface area contributed by atoms with Gasteiger partial charge in [-0.05, 0) is 27.2 Å². The summed E-state index contributed by atoms with van der Waals surface area (Å²) in [4.78, 5) is 35.8. The van der Waals surface area contributed by atoms with Crippen LogP contribution in [0.15, 0.2) is 12.2 Å². The molecule has 2 amide bonds. The van der Waals surface area contributed by atoms with Gasteiger partial charge in [-0.15, -0.1) is 0 Å². The second kappa shape index (κ2) is 5.86. The molecule has 0 radical (unpaired) electrons. The molecule has 1 heterocycles. The molecule has 106 valence electrons. The topological polar surface area (TPSA) is 72.9 Å². The van der Waals surface area contributed by atoms with Gasteiger partial charge in [0.1, 0.15) is 5.60 Å². The van der Waals surface area contributed by atoms with Crippen LogP contribution in [0, 0.1) is 5.92 Å². The average Bonchev–Trinajstić information content (AvgIpc) is 2.65. The Kier molecular flexibility index (Phi) is 4.69. The number of esters is 1. The van der Waals surface area contributed by atoms with Crippen LogP contribution < -0.4 is 0 Å². The molecule has 0 saturated carbocycles. The molecule has 1 aliphatic heterocycles. The summed E-state index contributed by atoms with van der Waals surface area (Å²) >= 11 is 0. The second-order valence-corrected chi connectivity index (χ2v) is 5.25. The summed E-state index contributed by atoms with van der Waals surface area (Å²) in [7, 11) is 1.26. The highest BCUT2D eigenvalue weighted by atomic mass is 16.6. The van der Waals surface area contributed by atoms with E-state index in [1.807, 2.05) is 0 Å². The lowest BCUT2D eigenvalue weighted by Gasteiger charge is -2.23. The van der Waals surface area contributed by atoms with Crippen molar-refractivity contribution in [1.29, 1.82) is 0 Å². The van der Waals surface area contributed by atoms with Gasteiger partial charge in [-0.2, -0.15) is 0 Å². The van der Waals surface area contributed by atoms with Crippen LogP contribution in [0.4, 0.5) is 4.79 Å². The molecule has 1 fully saturated rings. The number of rotatable bonds is 2. The first-order chi connectivity index (χ1) is 8.74. The molecule has 0 N–H and O–H groups in total. The number of imide groups is 1. The zero-order valence-electron chi connectivity index (χ0n) is 11.6. The van der Waals surface area contributed by atoms with E-state index in [9.17, 15) is 14.4 Å². The van der Waals surface area contributed by atoms with Crippen molar-refractivity contribution >= 4 is 18.0 Å². The Bertz CT molecular complexity index is 408. The number of carbonyl (C=O) groups is 3. The van der Waals surface area contributed by atoms with Crippen LogP contribution in [0.25, 0.3) is 0 Å². The Morgan fingerprint density at radius 3 is 2.53 bits per heavy atom. The van der Waals surface area contributed by atoms with Gasteiger partial charge < -0.3 is 9.47 Å². The molecule has 6 nitrogen and oxygen atoms in total. The first kappa shape index (κ1) is 15.2. The summed E-state index contributed by atoms with van der Waals surface area (Å²) in [5, 5.41) is 0. The van der Waals surface area contributed by atoms with E-state index < -0.39 is 23.6 Å². The molecule has 1 aliphatic rings. The largest absolute Gasteiger partial charge is 0.466 e. The van der Waals surface area contributed by atoms with Gasteiger partial charge in [-0.25, -0.2) is 14.5 Å². The quantitative estimate of drug-likeness (QED) is 0.561. The van der Waals surface area contributed by atoms with E-state index in [0.29, 0.717) is 13.0 Å². The van der Waals surface area contributed by atoms with Gasteiger partial charge in [0.05, 0.1) is 13.0 Å². The summed E-state index contributed by atoms with van der Waals surface area (Å²) in [6, 6.07) is 0. The SMILES string of the molecule is COC(=O)C=CC1CCN(C(=O)OC(C)(C)C)C1=O. The monoisotopic (exact) mass is 269 g/mol. The standard InChI is InChI=1S/C13H19NO5/c1-13(2,3)19-12(17)14-8-7-9(11(14)16)5-6-10(15)18-4/h5-6,9H,7-8H2,1-4H3. The van der Waals surface area contributed by atoms with E-state index in [1.165, 1.54) is 19.3 Å². The number of hydrogen-bond acceptors (Lipinski definition) is 5. The summed E-state index contributed by atoms with van der Waals surface area (Å²) in [5.41, 5.74) is -0.642. The highest BCUT2D eigenvalue weighted by molar-refractivity contribution is 5.96. The van der Waals surface area contributed by atoms with Crippen molar-refractivity contribution in [2.45, 2.75) is 32.8 Å². The van der Waals surface area contributed by atoms with E-state index in [2.05, 4.69) is 4.74 Å². The van der Waals surface area contributed by atoms with Crippen molar-refractivity contribution in [3.63, 3.8) is 0 Å². The highest BCUT2D eigenvalue weighted by Gasteiger charge is 2.36. The smallest absolute Gasteiger partial charge is 0.417 e. The molecule has 0 aromatic rings. The van der Waals surface area contributed by atoms with Crippen molar-refractivity contribution in [1.82, 2.24) is 4.90 Å². The molecular formula is C13H19NO5. The van der Waals surface area contributed by atoms with Gasteiger partial charge in [0, 0.05) is 12.6 Å². The lowest BCUT2D eigenvalue weighted by molar-refractivity contribution is -0.134. The Labute approximate surface area is 112 Å². The van der Waals surface area contributed by atoms with Gasteiger partial charge in [-0.1, -0.05) is 6.08 Å². The number of nitrogens with zero attached hydrogens (tertiary/aromatic N) is 1. The maximum Gasteiger partial charge on any atom is 0.417 e. The summed E-state index contributed by atoms with van der Waals surface area (Å²) in [5.74, 6) is -1.36. The molecule has 0 bridgehead atoms. The maximum absolute atomic E-state index is 12.0. The van der Waals surface area contributed by atoms with Crippen LogP contribution >= 0.6 is 0 Å². The highest BCUT2D eigenvalue weighted by Crippen LogP contribution is 2.21. The first-order valence-corrected chi connectivity index (χ1v) is 6.05. The van der Waals surface area contributed by atoms with Crippen molar-refractivity contribution < 1.29 is 23.9 Å². The lowest BCUT2D eigenvalue weighted by atomic mass is 10.1. The Morgan fingerprint density at radius 1 is 1.37 bits per heavy atom. The van der Waals surface area contributed by atoms with Crippen LogP contribution in [0.5, 0.6) is 0 Å². The van der Waals surface area contributed by atoms with Crippen molar-refractivity contribution in [3.8, 4) is 0 Å². The van der Waals surface area contributed by atoms with Crippen molar-refractivity contribution in [2.24, 2.45) is 5.92 Å². The third-order valence-corrected chi connectivity index (χ3v) is 2.53. The fourth-order valence-corrected chi connectivity index (χ4v) is 1.64. The van der Waals surface area contributed by atoms with Gasteiger partial charge in [0.25, 0.3) is 0 Å². The summed E-state index contributed by atoms with van der Waals surface area (Å²) < 4.78 is 9.58. The van der Waals surface area contributed by atoms with Crippen LogP contribution in [-0.2, 0) is 19.1 Å². The molecule has 6 heteroatoms. The minimum absolute atomic E-state index is 0.296. The molecule has 1 rings (SSSR count). The van der Waals surface area contributed by atoms with Crippen molar-refractivity contribution in [3.05, 3.63) is 12.2 Å². The number of ether oxygens (including phenoxy) is 2. The Balaban J connectivity index is 2.63. The van der Waals surface area contributed by atoms with E-state index in [0.717, 1.165) is 4.90 Å². The number of likely N-dealkylation sites (tertiary alicyclic amines) is 1. The third kappa shape index (κ3) is 4.39. The second-order valence-electron chi connectivity index (χ2n) is 5.25. The van der Waals surface area contributed by atoms with E-state index in [1.54, 1.807) is 20.8 Å². The molecule has 19 heavy (non-hydrogen) atoms. The van der Waals surface area contributed by atoms with Crippen LogP contribution in [-0.4, -0.2) is 42.1 Å². The third-order valence-electron chi connectivity index (χ3n) is 2.53. The number of methoxy groups -OCH3 is 1. The van der Waals surface area contributed by atoms with E-state index >= 15 is 0 Å². The number of carbonyl (C=O) groups excluding carboxylic acids is 3. The fourth-order valence-electron chi connectivity index (χ4n) is 1.64. The van der Waals surface area contributed by atoms with Gasteiger partial charge in [0.2, 0.25) is 5.91 Å². The molecule has 0 aliphatic carbocycles. The first-order valence-electron chi connectivity index (χ1n) is 6.05. The van der Waals surface area contributed by atoms with Gasteiger partial charge in [-0.3, -0.25) is 4.79 Å². The van der Waals surface area contributed by atoms with Crippen LogP contribution in [0.1, 0.15) is 27.2 Å². The molecule has 0 aromatic heterocycles. The predicted octanol–water partition coefficient (Wildman–Crippen LogP) is 1.50. The Hall–Kier alpha value is -1.85. The van der Waals surface area contributed by atoms with Crippen LogP contribution in [0.2, 0.25) is 0 Å². The molecule has 0 aromatic carbocycles. The number of hydrogen-bond donors (Lipinski definition) is 0. The lowest BCUT2D eigenvalue weighted by Crippen LogP contribution is -2.38. The van der Waals surface area contributed by atoms with E-state index in [4.69, 9.17) is 4.74 Å².